The monoisotopic (exact) mass is 242 g/mol. The van der Waals surface area contributed by atoms with E-state index in [1.165, 1.54) is 56.9 Å². The van der Waals surface area contributed by atoms with Crippen molar-refractivity contribution in [2.75, 3.05) is 37.7 Å². The molecule has 0 aromatic rings. The summed E-state index contributed by atoms with van der Waals surface area (Å²) in [5, 5.41) is 3.58. The number of thioether (sulfide) groups is 1. The zero-order valence-electron chi connectivity index (χ0n) is 10.8. The molecule has 1 aliphatic carbocycles. The van der Waals surface area contributed by atoms with E-state index in [0.717, 1.165) is 5.92 Å². The molecule has 1 unspecified atom stereocenters. The molecule has 0 radical (unpaired) electrons. The Bertz CT molecular complexity index is 218. The molecule has 0 aromatic carbocycles. The van der Waals surface area contributed by atoms with Crippen LogP contribution in [0.5, 0.6) is 0 Å². The van der Waals surface area contributed by atoms with E-state index in [-0.39, 0.29) is 0 Å². The Hall–Kier alpha value is 0.270. The highest BCUT2D eigenvalue weighted by Gasteiger charge is 2.46. The molecule has 1 saturated heterocycles. The van der Waals surface area contributed by atoms with Gasteiger partial charge in [-0.1, -0.05) is 6.92 Å². The number of hydrogen-bond donors (Lipinski definition) is 1. The number of nitrogens with zero attached hydrogens (tertiary/aromatic N) is 1. The van der Waals surface area contributed by atoms with E-state index in [9.17, 15) is 0 Å². The predicted octanol–water partition coefficient (Wildman–Crippen LogP) is 2.20. The second-order valence-corrected chi connectivity index (χ2v) is 6.74. The topological polar surface area (TPSA) is 15.3 Å². The summed E-state index contributed by atoms with van der Waals surface area (Å²) in [6, 6.07) is 0. The average Bonchev–Trinajstić information content (AvgIpc) is 3.11. The second-order valence-electron chi connectivity index (χ2n) is 5.35. The molecule has 0 aromatic heterocycles. The third-order valence-electron chi connectivity index (χ3n) is 4.14. The molecule has 3 heteroatoms. The van der Waals surface area contributed by atoms with Gasteiger partial charge in [-0.3, -0.25) is 4.90 Å². The molecule has 1 atom stereocenters. The summed E-state index contributed by atoms with van der Waals surface area (Å²) < 4.78 is 0. The fourth-order valence-corrected chi connectivity index (χ4v) is 3.52. The molecule has 0 spiro atoms. The molecule has 2 rings (SSSR count). The average molecular weight is 242 g/mol. The molecule has 2 aliphatic rings. The maximum atomic E-state index is 3.58. The van der Waals surface area contributed by atoms with Crippen molar-refractivity contribution in [2.24, 2.45) is 5.92 Å². The molecular weight excluding hydrogens is 216 g/mol. The van der Waals surface area contributed by atoms with Gasteiger partial charge >= 0.3 is 0 Å². The van der Waals surface area contributed by atoms with Gasteiger partial charge in [0.15, 0.2) is 0 Å². The first-order chi connectivity index (χ1) is 7.77. The number of piperazine rings is 1. The highest BCUT2D eigenvalue weighted by atomic mass is 32.2. The van der Waals surface area contributed by atoms with Gasteiger partial charge in [0.05, 0.1) is 0 Å². The van der Waals surface area contributed by atoms with Gasteiger partial charge in [-0.25, -0.2) is 0 Å². The minimum atomic E-state index is 0.467. The third kappa shape index (κ3) is 2.93. The second kappa shape index (κ2) is 5.74. The summed E-state index contributed by atoms with van der Waals surface area (Å²) in [6.45, 7) is 9.68. The summed E-state index contributed by atoms with van der Waals surface area (Å²) in [4.78, 5) is 2.76. The summed E-state index contributed by atoms with van der Waals surface area (Å²) in [5.74, 6) is 3.57. The van der Waals surface area contributed by atoms with Crippen LogP contribution in [0.4, 0.5) is 0 Å². The zero-order valence-corrected chi connectivity index (χ0v) is 11.6. The summed E-state index contributed by atoms with van der Waals surface area (Å²) in [6.07, 6.45) is 4.28. The molecule has 94 valence electrons. The fourth-order valence-electron chi connectivity index (χ4n) is 2.90. The Morgan fingerprint density at radius 2 is 2.25 bits per heavy atom. The van der Waals surface area contributed by atoms with E-state index < -0.39 is 0 Å². The predicted molar refractivity (Wildman–Crippen MR) is 73.2 cm³/mol. The van der Waals surface area contributed by atoms with Crippen molar-refractivity contribution in [3.8, 4) is 0 Å². The Morgan fingerprint density at radius 1 is 1.44 bits per heavy atom. The van der Waals surface area contributed by atoms with Crippen molar-refractivity contribution < 1.29 is 0 Å². The molecule has 16 heavy (non-hydrogen) atoms. The normalized spacial score (nSPS) is 31.9. The van der Waals surface area contributed by atoms with Crippen LogP contribution in [0.15, 0.2) is 0 Å². The van der Waals surface area contributed by atoms with E-state index in [0.29, 0.717) is 5.54 Å². The van der Waals surface area contributed by atoms with Gasteiger partial charge in [-0.2, -0.15) is 11.8 Å². The van der Waals surface area contributed by atoms with Gasteiger partial charge in [0.25, 0.3) is 0 Å². The smallest absolute Gasteiger partial charge is 0.0334 e. The molecule has 0 amide bonds. The van der Waals surface area contributed by atoms with Crippen LogP contribution in [0.2, 0.25) is 0 Å². The number of hydrogen-bond acceptors (Lipinski definition) is 3. The molecule has 1 saturated carbocycles. The largest absolute Gasteiger partial charge is 0.314 e. The number of rotatable bonds is 6. The van der Waals surface area contributed by atoms with Gasteiger partial charge in [0.1, 0.15) is 0 Å². The van der Waals surface area contributed by atoms with Crippen molar-refractivity contribution in [3.05, 3.63) is 0 Å². The SMILES string of the molecule is CCSCCCN1CCNCC1(C)C1CC1. The molecule has 1 aliphatic heterocycles. The minimum Gasteiger partial charge on any atom is -0.314 e. The van der Waals surface area contributed by atoms with E-state index in [1.54, 1.807) is 0 Å². The fraction of sp³-hybridized carbons (Fsp3) is 1.00. The Balaban J connectivity index is 1.80. The lowest BCUT2D eigenvalue weighted by molar-refractivity contribution is 0.0564. The van der Waals surface area contributed by atoms with Gasteiger partial charge in [0, 0.05) is 25.2 Å². The van der Waals surface area contributed by atoms with Crippen LogP contribution in [0.25, 0.3) is 0 Å². The zero-order chi connectivity index (χ0) is 11.4. The van der Waals surface area contributed by atoms with E-state index in [4.69, 9.17) is 0 Å². The first-order valence-corrected chi connectivity index (χ1v) is 7.96. The van der Waals surface area contributed by atoms with Crippen molar-refractivity contribution in [1.29, 1.82) is 0 Å². The first kappa shape index (κ1) is 12.7. The van der Waals surface area contributed by atoms with E-state index in [1.807, 2.05) is 0 Å². The van der Waals surface area contributed by atoms with Crippen LogP contribution >= 0.6 is 11.8 Å². The maximum absolute atomic E-state index is 3.58. The molecule has 1 heterocycles. The van der Waals surface area contributed by atoms with Crippen LogP contribution in [-0.2, 0) is 0 Å². The standard InChI is InChI=1S/C13H26N2S/c1-3-16-10-4-8-15-9-7-14-11-13(15,2)12-5-6-12/h12,14H,3-11H2,1-2H3. The van der Waals surface area contributed by atoms with Crippen molar-refractivity contribution in [3.63, 3.8) is 0 Å². The highest BCUT2D eigenvalue weighted by Crippen LogP contribution is 2.43. The van der Waals surface area contributed by atoms with Crippen molar-refractivity contribution >= 4 is 11.8 Å². The number of nitrogens with one attached hydrogen (secondary N) is 1. The van der Waals surface area contributed by atoms with Gasteiger partial charge in [-0.05, 0) is 50.2 Å². The summed E-state index contributed by atoms with van der Waals surface area (Å²) in [5.41, 5.74) is 0.467. The van der Waals surface area contributed by atoms with Gasteiger partial charge in [-0.15, -0.1) is 0 Å². The lowest BCUT2D eigenvalue weighted by Crippen LogP contribution is -2.61. The van der Waals surface area contributed by atoms with Crippen LogP contribution in [-0.4, -0.2) is 48.1 Å². The lowest BCUT2D eigenvalue weighted by Gasteiger charge is -2.46. The summed E-state index contributed by atoms with van der Waals surface area (Å²) in [7, 11) is 0. The lowest BCUT2D eigenvalue weighted by atomic mass is 9.91. The van der Waals surface area contributed by atoms with Crippen LogP contribution in [0.1, 0.15) is 33.1 Å². The third-order valence-corrected chi connectivity index (χ3v) is 5.13. The molecule has 1 N–H and O–H groups in total. The first-order valence-electron chi connectivity index (χ1n) is 6.81. The molecule has 2 nitrogen and oxygen atoms in total. The van der Waals surface area contributed by atoms with Crippen molar-refractivity contribution in [2.45, 2.75) is 38.6 Å². The highest BCUT2D eigenvalue weighted by molar-refractivity contribution is 7.99. The quantitative estimate of drug-likeness (QED) is 0.719. The van der Waals surface area contributed by atoms with Crippen LogP contribution < -0.4 is 5.32 Å². The molecule has 0 bridgehead atoms. The van der Waals surface area contributed by atoms with Gasteiger partial charge < -0.3 is 5.32 Å². The van der Waals surface area contributed by atoms with Gasteiger partial charge in [0.2, 0.25) is 0 Å². The van der Waals surface area contributed by atoms with Crippen LogP contribution in [0.3, 0.4) is 0 Å². The molecular formula is C13H26N2S. The Labute approximate surface area is 105 Å². The minimum absolute atomic E-state index is 0.467. The molecule has 2 fully saturated rings. The van der Waals surface area contributed by atoms with E-state index >= 15 is 0 Å². The maximum Gasteiger partial charge on any atom is 0.0334 e. The Morgan fingerprint density at radius 3 is 2.94 bits per heavy atom. The van der Waals surface area contributed by atoms with E-state index in [2.05, 4.69) is 35.8 Å². The van der Waals surface area contributed by atoms with Crippen molar-refractivity contribution in [1.82, 2.24) is 10.2 Å². The summed E-state index contributed by atoms with van der Waals surface area (Å²) >= 11 is 2.08. The Kier molecular flexibility index (Phi) is 4.57. The van der Waals surface area contributed by atoms with Crippen LogP contribution in [0, 0.1) is 5.92 Å².